The number of nitrogens with zero attached hydrogens (tertiary/aromatic N) is 2. The second-order valence-electron chi connectivity index (χ2n) is 5.96. The van der Waals surface area contributed by atoms with Crippen molar-refractivity contribution in [2.75, 3.05) is 6.54 Å². The lowest BCUT2D eigenvalue weighted by Crippen LogP contribution is -2.31. The van der Waals surface area contributed by atoms with Gasteiger partial charge in [0.1, 0.15) is 5.69 Å². The van der Waals surface area contributed by atoms with E-state index in [-0.39, 0.29) is 17.5 Å². The highest BCUT2D eigenvalue weighted by Gasteiger charge is 2.35. The number of aromatic amines is 1. The topological polar surface area (TPSA) is 99.4 Å². The molecule has 0 aliphatic carbocycles. The van der Waals surface area contributed by atoms with E-state index >= 15 is 0 Å². The summed E-state index contributed by atoms with van der Waals surface area (Å²) in [6.45, 7) is 5.77. The Kier molecular flexibility index (Phi) is 3.71. The van der Waals surface area contributed by atoms with Crippen LogP contribution in [-0.4, -0.2) is 38.6 Å². The number of aryl methyl sites for hydroxylation is 2. The van der Waals surface area contributed by atoms with Gasteiger partial charge in [0.15, 0.2) is 5.76 Å². The summed E-state index contributed by atoms with van der Waals surface area (Å²) in [7, 11) is 0. The van der Waals surface area contributed by atoms with Gasteiger partial charge in [-0.15, -0.1) is 0 Å². The molecule has 0 spiro atoms. The third-order valence-corrected chi connectivity index (χ3v) is 4.35. The Balaban J connectivity index is 1.94. The number of H-pyrrole nitrogens is 1. The molecule has 3 rings (SSSR count). The number of carbonyl (C=O) groups excluding carboxylic acids is 1. The molecule has 0 saturated carbocycles. The first kappa shape index (κ1) is 15.3. The number of likely N-dealkylation sites (tertiary alicyclic amines) is 1. The maximum atomic E-state index is 12.9. The smallest absolute Gasteiger partial charge is 0.337 e. The van der Waals surface area contributed by atoms with Gasteiger partial charge in [0, 0.05) is 18.3 Å². The number of nitrogens with one attached hydrogen (secondary N) is 1. The van der Waals surface area contributed by atoms with Crippen molar-refractivity contribution in [3.05, 3.63) is 40.0 Å². The molecule has 1 saturated heterocycles. The fraction of sp³-hybridized carbons (Fsp3) is 0.438. The van der Waals surface area contributed by atoms with Crippen molar-refractivity contribution in [2.45, 2.75) is 39.7 Å². The number of aromatic nitrogens is 2. The maximum Gasteiger partial charge on any atom is 0.337 e. The van der Waals surface area contributed by atoms with E-state index in [0.29, 0.717) is 29.3 Å². The van der Waals surface area contributed by atoms with Crippen LogP contribution in [0.2, 0.25) is 0 Å². The molecule has 2 N–H and O–H groups in total. The van der Waals surface area contributed by atoms with E-state index in [9.17, 15) is 14.7 Å². The summed E-state index contributed by atoms with van der Waals surface area (Å²) < 4.78 is 5.31. The normalized spacial score (nSPS) is 17.7. The lowest BCUT2D eigenvalue weighted by Gasteiger charge is -2.22. The quantitative estimate of drug-likeness (QED) is 0.906. The average molecular weight is 317 g/mol. The molecule has 7 nitrogen and oxygen atoms in total. The molecule has 1 aliphatic heterocycles. The van der Waals surface area contributed by atoms with E-state index in [1.807, 2.05) is 13.0 Å². The molecular formula is C16H19N3O4. The Bertz CT molecular complexity index is 774. The summed E-state index contributed by atoms with van der Waals surface area (Å²) in [5.41, 5.74) is 2.24. The molecular weight excluding hydrogens is 298 g/mol. The molecule has 1 amide bonds. The fourth-order valence-corrected chi connectivity index (χ4v) is 3.27. The Hall–Kier alpha value is -2.57. The van der Waals surface area contributed by atoms with Gasteiger partial charge >= 0.3 is 5.97 Å². The predicted molar refractivity (Wildman–Crippen MR) is 81.5 cm³/mol. The maximum absolute atomic E-state index is 12.9. The standard InChI is InChI=1S/C16H19N3O4/c1-8-7-12(23-18-8)11-5-4-6-19(11)15(20)14-9(2)13(16(21)22)10(3)17-14/h7,11,17H,4-6H2,1-3H3,(H,21,22)/t11-/m1/s1. The molecule has 0 radical (unpaired) electrons. The van der Waals surface area contributed by atoms with Crippen LogP contribution in [0.25, 0.3) is 0 Å². The minimum absolute atomic E-state index is 0.153. The van der Waals surface area contributed by atoms with Crippen molar-refractivity contribution in [1.82, 2.24) is 15.0 Å². The molecule has 0 unspecified atom stereocenters. The van der Waals surface area contributed by atoms with E-state index in [1.54, 1.807) is 18.7 Å². The van der Waals surface area contributed by atoms with Gasteiger partial charge in [-0.3, -0.25) is 4.79 Å². The minimum atomic E-state index is -1.03. The number of hydrogen-bond donors (Lipinski definition) is 2. The van der Waals surface area contributed by atoms with Crippen LogP contribution in [0.3, 0.4) is 0 Å². The number of aromatic carboxylic acids is 1. The SMILES string of the molecule is Cc1cc([C@H]2CCCN2C(=O)c2[nH]c(C)c(C(=O)O)c2C)on1. The van der Waals surface area contributed by atoms with Crippen molar-refractivity contribution >= 4 is 11.9 Å². The number of rotatable bonds is 3. The van der Waals surface area contributed by atoms with Crippen molar-refractivity contribution in [1.29, 1.82) is 0 Å². The van der Waals surface area contributed by atoms with Crippen molar-refractivity contribution in [2.24, 2.45) is 0 Å². The Morgan fingerprint density at radius 1 is 1.39 bits per heavy atom. The molecule has 1 atom stereocenters. The Morgan fingerprint density at radius 3 is 2.70 bits per heavy atom. The van der Waals surface area contributed by atoms with Crippen molar-refractivity contribution in [3.8, 4) is 0 Å². The van der Waals surface area contributed by atoms with Crippen LogP contribution in [-0.2, 0) is 0 Å². The first-order valence-corrected chi connectivity index (χ1v) is 7.56. The third kappa shape index (κ3) is 2.52. The molecule has 7 heteroatoms. The highest BCUT2D eigenvalue weighted by molar-refractivity contribution is 6.00. The first-order valence-electron chi connectivity index (χ1n) is 7.56. The van der Waals surface area contributed by atoms with Crippen molar-refractivity contribution < 1.29 is 19.2 Å². The number of amides is 1. The van der Waals surface area contributed by atoms with Crippen LogP contribution in [0.1, 0.15) is 62.4 Å². The zero-order chi connectivity index (χ0) is 16.7. The van der Waals surface area contributed by atoms with Gasteiger partial charge < -0.3 is 19.5 Å². The largest absolute Gasteiger partial charge is 0.478 e. The van der Waals surface area contributed by atoms with Crippen LogP contribution < -0.4 is 0 Å². The summed E-state index contributed by atoms with van der Waals surface area (Å²) in [6.07, 6.45) is 1.69. The van der Waals surface area contributed by atoms with Crippen LogP contribution in [0.15, 0.2) is 10.6 Å². The molecule has 2 aromatic heterocycles. The number of hydrogen-bond acceptors (Lipinski definition) is 4. The van der Waals surface area contributed by atoms with E-state index in [0.717, 1.165) is 18.5 Å². The van der Waals surface area contributed by atoms with Gasteiger partial charge in [0.2, 0.25) is 0 Å². The van der Waals surface area contributed by atoms with E-state index in [4.69, 9.17) is 4.52 Å². The van der Waals surface area contributed by atoms with Gasteiger partial charge in [-0.1, -0.05) is 5.16 Å². The summed E-state index contributed by atoms with van der Waals surface area (Å²) in [5.74, 6) is -0.554. The number of carboxylic acid groups (broad SMARTS) is 1. The summed E-state index contributed by atoms with van der Waals surface area (Å²) in [6, 6.07) is 1.69. The fourth-order valence-electron chi connectivity index (χ4n) is 3.27. The summed E-state index contributed by atoms with van der Waals surface area (Å²) >= 11 is 0. The Labute approximate surface area is 133 Å². The van der Waals surface area contributed by atoms with E-state index in [2.05, 4.69) is 10.1 Å². The predicted octanol–water partition coefficient (Wildman–Crippen LogP) is 2.60. The molecule has 122 valence electrons. The van der Waals surface area contributed by atoms with Gasteiger partial charge in [-0.25, -0.2) is 4.79 Å². The van der Waals surface area contributed by atoms with Crippen LogP contribution in [0.5, 0.6) is 0 Å². The molecule has 1 aliphatic rings. The lowest BCUT2D eigenvalue weighted by atomic mass is 10.1. The zero-order valence-electron chi connectivity index (χ0n) is 13.3. The van der Waals surface area contributed by atoms with Gasteiger partial charge in [-0.05, 0) is 39.2 Å². The highest BCUT2D eigenvalue weighted by Crippen LogP contribution is 2.34. The minimum Gasteiger partial charge on any atom is -0.478 e. The molecule has 3 heterocycles. The van der Waals surface area contributed by atoms with Crippen LogP contribution in [0.4, 0.5) is 0 Å². The second kappa shape index (κ2) is 5.57. The highest BCUT2D eigenvalue weighted by atomic mass is 16.5. The molecule has 0 bridgehead atoms. The average Bonchev–Trinajstić information content (AvgIpc) is 3.16. The monoisotopic (exact) mass is 317 g/mol. The van der Waals surface area contributed by atoms with Crippen LogP contribution in [0, 0.1) is 20.8 Å². The van der Waals surface area contributed by atoms with Crippen LogP contribution >= 0.6 is 0 Å². The molecule has 0 aromatic carbocycles. The summed E-state index contributed by atoms with van der Waals surface area (Å²) in [5, 5.41) is 13.2. The second-order valence-corrected chi connectivity index (χ2v) is 5.96. The first-order chi connectivity index (χ1) is 10.9. The lowest BCUT2D eigenvalue weighted by molar-refractivity contribution is 0.0695. The molecule has 23 heavy (non-hydrogen) atoms. The summed E-state index contributed by atoms with van der Waals surface area (Å²) in [4.78, 5) is 28.9. The van der Waals surface area contributed by atoms with Gasteiger partial charge in [0.25, 0.3) is 5.91 Å². The van der Waals surface area contributed by atoms with E-state index < -0.39 is 5.97 Å². The zero-order valence-corrected chi connectivity index (χ0v) is 13.3. The molecule has 2 aromatic rings. The van der Waals surface area contributed by atoms with Crippen molar-refractivity contribution in [3.63, 3.8) is 0 Å². The molecule has 1 fully saturated rings. The number of carbonyl (C=O) groups is 2. The number of carboxylic acids is 1. The van der Waals surface area contributed by atoms with Gasteiger partial charge in [-0.2, -0.15) is 0 Å². The van der Waals surface area contributed by atoms with Gasteiger partial charge in [0.05, 0.1) is 17.3 Å². The van der Waals surface area contributed by atoms with E-state index in [1.165, 1.54) is 0 Å². The third-order valence-electron chi connectivity index (χ3n) is 4.35. The Morgan fingerprint density at radius 2 is 2.13 bits per heavy atom.